The first-order valence-corrected chi connectivity index (χ1v) is 15.7. The molecule has 2 heterocycles. The van der Waals surface area contributed by atoms with Crippen LogP contribution in [0, 0.1) is 0 Å². The van der Waals surface area contributed by atoms with Crippen LogP contribution in [0.2, 0.25) is 5.02 Å². The molecule has 2 unspecified atom stereocenters. The monoisotopic (exact) mass is 576 g/mol. The van der Waals surface area contributed by atoms with Crippen LogP contribution in [0.25, 0.3) is 5.70 Å². The van der Waals surface area contributed by atoms with Gasteiger partial charge in [-0.15, -0.1) is 0 Å². The van der Waals surface area contributed by atoms with E-state index in [0.29, 0.717) is 47.9 Å². The van der Waals surface area contributed by atoms with E-state index in [9.17, 15) is 13.2 Å². The highest BCUT2D eigenvalue weighted by molar-refractivity contribution is 7.92. The number of nitrogens with zero attached hydrogens (tertiary/aromatic N) is 2. The SMILES string of the molecule is CN(CCOC(=O)C1=C(c2ccccc2)N=C2CCCCS(=O)(=O)C2C1c1ccccc1Cl)Cc1ccccc1. The van der Waals surface area contributed by atoms with Crippen molar-refractivity contribution in [2.45, 2.75) is 37.0 Å². The number of likely N-dealkylation sites (N-methyl/N-ethyl adjacent to an activating group) is 1. The smallest absolute Gasteiger partial charge is 0.336 e. The van der Waals surface area contributed by atoms with E-state index in [4.69, 9.17) is 21.3 Å². The Hall–Kier alpha value is -3.26. The third kappa shape index (κ3) is 6.22. The maximum absolute atomic E-state index is 14.0. The van der Waals surface area contributed by atoms with Crippen LogP contribution >= 0.6 is 11.6 Å². The number of aliphatic imine (C=N–C) groups is 1. The molecule has 0 saturated carbocycles. The number of ether oxygens (including phenoxy) is 1. The van der Waals surface area contributed by atoms with E-state index in [1.807, 2.05) is 61.6 Å². The number of hydrogen-bond donors (Lipinski definition) is 0. The standard InChI is InChI=1S/C32H33ClN2O4S/c1-35(22-23-12-4-2-5-13-23)19-20-39-32(36)29-28(25-16-8-9-17-26(25)33)31-27(18-10-11-21-40(31,37)38)34-30(29)24-14-6-3-7-15-24/h2-9,12-17,28,31H,10-11,18-22H2,1H3. The molecule has 1 fully saturated rings. The lowest BCUT2D eigenvalue weighted by atomic mass is 9.81. The van der Waals surface area contributed by atoms with Crippen molar-refractivity contribution in [3.8, 4) is 0 Å². The van der Waals surface area contributed by atoms with Crippen LogP contribution < -0.4 is 0 Å². The highest BCUT2D eigenvalue weighted by Gasteiger charge is 2.47. The summed E-state index contributed by atoms with van der Waals surface area (Å²) < 4.78 is 33.3. The van der Waals surface area contributed by atoms with Gasteiger partial charge in [0, 0.05) is 35.3 Å². The van der Waals surface area contributed by atoms with Crippen molar-refractivity contribution >= 4 is 38.8 Å². The van der Waals surface area contributed by atoms with Crippen molar-refractivity contribution < 1.29 is 17.9 Å². The summed E-state index contributed by atoms with van der Waals surface area (Å²) in [6, 6.07) is 26.7. The first-order chi connectivity index (χ1) is 19.3. The molecule has 2 atom stereocenters. The molecule has 40 heavy (non-hydrogen) atoms. The maximum Gasteiger partial charge on any atom is 0.336 e. The molecule has 8 heteroatoms. The Balaban J connectivity index is 1.54. The van der Waals surface area contributed by atoms with Crippen LogP contribution in [0.4, 0.5) is 0 Å². The van der Waals surface area contributed by atoms with E-state index in [2.05, 4.69) is 17.0 Å². The molecule has 0 spiro atoms. The highest BCUT2D eigenvalue weighted by Crippen LogP contribution is 2.45. The van der Waals surface area contributed by atoms with E-state index in [-0.39, 0.29) is 17.9 Å². The molecule has 1 saturated heterocycles. The quantitative estimate of drug-likeness (QED) is 0.311. The molecule has 2 aliphatic heterocycles. The van der Waals surface area contributed by atoms with E-state index in [1.54, 1.807) is 18.2 Å². The summed E-state index contributed by atoms with van der Waals surface area (Å²) in [5, 5.41) is -0.556. The summed E-state index contributed by atoms with van der Waals surface area (Å²) >= 11 is 6.69. The van der Waals surface area contributed by atoms with Crippen LogP contribution in [-0.2, 0) is 25.9 Å². The molecule has 0 N–H and O–H groups in total. The molecule has 6 nitrogen and oxygen atoms in total. The second-order valence-electron chi connectivity index (χ2n) is 10.3. The normalized spacial score (nSPS) is 20.4. The van der Waals surface area contributed by atoms with E-state index in [1.165, 1.54) is 0 Å². The number of hydrogen-bond acceptors (Lipinski definition) is 6. The van der Waals surface area contributed by atoms with Crippen LogP contribution in [0.3, 0.4) is 0 Å². The zero-order chi connectivity index (χ0) is 28.1. The Morgan fingerprint density at radius 2 is 1.65 bits per heavy atom. The van der Waals surface area contributed by atoms with Gasteiger partial charge in [-0.2, -0.15) is 0 Å². The molecule has 0 amide bonds. The molecule has 208 valence electrons. The van der Waals surface area contributed by atoms with Crippen molar-refractivity contribution in [1.82, 2.24) is 4.90 Å². The Morgan fingerprint density at radius 3 is 2.38 bits per heavy atom. The molecule has 3 aromatic carbocycles. The molecule has 0 aliphatic carbocycles. The summed E-state index contributed by atoms with van der Waals surface area (Å²) in [7, 11) is -1.64. The largest absolute Gasteiger partial charge is 0.461 e. The summed E-state index contributed by atoms with van der Waals surface area (Å²) in [5.74, 6) is -1.35. The predicted octanol–water partition coefficient (Wildman–Crippen LogP) is 5.93. The van der Waals surface area contributed by atoms with Gasteiger partial charge in [0.25, 0.3) is 0 Å². The summed E-state index contributed by atoms with van der Waals surface area (Å²) in [5.41, 5.74) is 3.77. The topological polar surface area (TPSA) is 76.0 Å². The van der Waals surface area contributed by atoms with Crippen molar-refractivity contribution in [2.75, 3.05) is 26.0 Å². The second kappa shape index (κ2) is 12.5. The number of carbonyl (C=O) groups excluding carboxylic acids is 1. The van der Waals surface area contributed by atoms with Gasteiger partial charge in [0.05, 0.1) is 17.0 Å². The number of carbonyl (C=O) groups is 1. The molecule has 0 bridgehead atoms. The Morgan fingerprint density at radius 1 is 0.975 bits per heavy atom. The number of sulfone groups is 1. The van der Waals surface area contributed by atoms with Crippen molar-refractivity contribution in [3.63, 3.8) is 0 Å². The van der Waals surface area contributed by atoms with E-state index in [0.717, 1.165) is 17.5 Å². The number of halogens is 1. The average Bonchev–Trinajstić information content (AvgIpc) is 3.11. The van der Waals surface area contributed by atoms with Gasteiger partial charge in [-0.25, -0.2) is 13.2 Å². The number of esters is 1. The van der Waals surface area contributed by atoms with Crippen LogP contribution in [0.5, 0.6) is 0 Å². The van der Waals surface area contributed by atoms with Gasteiger partial charge >= 0.3 is 5.97 Å². The Bertz CT molecular complexity index is 1520. The first-order valence-electron chi connectivity index (χ1n) is 13.6. The third-order valence-corrected chi connectivity index (χ3v) is 9.98. The Kier molecular flexibility index (Phi) is 8.84. The zero-order valence-corrected chi connectivity index (χ0v) is 24.1. The van der Waals surface area contributed by atoms with Gasteiger partial charge in [-0.1, -0.05) is 90.5 Å². The van der Waals surface area contributed by atoms with Crippen molar-refractivity contribution in [3.05, 3.63) is 112 Å². The van der Waals surface area contributed by atoms with Gasteiger partial charge in [0.2, 0.25) is 0 Å². The predicted molar refractivity (Wildman–Crippen MR) is 160 cm³/mol. The lowest BCUT2D eigenvalue weighted by Crippen LogP contribution is -2.41. The van der Waals surface area contributed by atoms with Crippen LogP contribution in [-0.4, -0.2) is 56.2 Å². The minimum absolute atomic E-state index is 0.0465. The minimum Gasteiger partial charge on any atom is -0.461 e. The zero-order valence-electron chi connectivity index (χ0n) is 22.5. The minimum atomic E-state index is -3.61. The van der Waals surface area contributed by atoms with E-state index >= 15 is 0 Å². The van der Waals surface area contributed by atoms with Gasteiger partial charge < -0.3 is 4.74 Å². The van der Waals surface area contributed by atoms with Crippen LogP contribution in [0.1, 0.15) is 41.9 Å². The number of fused-ring (bicyclic) bond motifs is 1. The summed E-state index contributed by atoms with van der Waals surface area (Å²) in [4.78, 5) is 21.0. The average molecular weight is 577 g/mol. The maximum atomic E-state index is 14.0. The van der Waals surface area contributed by atoms with Crippen molar-refractivity contribution in [1.29, 1.82) is 0 Å². The molecule has 0 aromatic heterocycles. The fourth-order valence-electron chi connectivity index (χ4n) is 5.54. The Labute approximate surface area is 241 Å². The number of rotatable bonds is 8. The molecular weight excluding hydrogens is 544 g/mol. The number of benzene rings is 3. The lowest BCUT2D eigenvalue weighted by Gasteiger charge is -2.34. The lowest BCUT2D eigenvalue weighted by molar-refractivity contribution is -0.139. The van der Waals surface area contributed by atoms with Crippen LogP contribution in [0.15, 0.2) is 95.5 Å². The fraction of sp³-hybridized carbons (Fsp3) is 0.312. The van der Waals surface area contributed by atoms with Gasteiger partial charge in [-0.05, 0) is 43.5 Å². The van der Waals surface area contributed by atoms with Gasteiger partial charge in [0.1, 0.15) is 11.9 Å². The molecule has 3 aromatic rings. The summed E-state index contributed by atoms with van der Waals surface area (Å²) in [6.45, 7) is 1.38. The second-order valence-corrected chi connectivity index (χ2v) is 13.0. The molecule has 2 aliphatic rings. The van der Waals surface area contributed by atoms with Crippen molar-refractivity contribution in [2.24, 2.45) is 4.99 Å². The van der Waals surface area contributed by atoms with Gasteiger partial charge in [0.15, 0.2) is 9.84 Å². The molecule has 0 radical (unpaired) electrons. The molecule has 5 rings (SSSR count). The molecular formula is C32H33ClN2O4S. The summed E-state index contributed by atoms with van der Waals surface area (Å²) in [6.07, 6.45) is 1.83. The first kappa shape index (κ1) is 28.3. The fourth-order valence-corrected chi connectivity index (χ4v) is 7.94. The third-order valence-electron chi connectivity index (χ3n) is 7.46. The highest BCUT2D eigenvalue weighted by atomic mass is 35.5. The van der Waals surface area contributed by atoms with E-state index < -0.39 is 27.0 Å². The van der Waals surface area contributed by atoms with Gasteiger partial charge in [-0.3, -0.25) is 9.89 Å².